The van der Waals surface area contributed by atoms with Crippen molar-refractivity contribution in [2.45, 2.75) is 19.4 Å². The van der Waals surface area contributed by atoms with Crippen molar-refractivity contribution in [2.75, 3.05) is 46.3 Å². The van der Waals surface area contributed by atoms with E-state index in [4.69, 9.17) is 23.2 Å². The molecule has 3 nitrogen and oxygen atoms in total. The monoisotopic (exact) mass is 329 g/mol. The lowest BCUT2D eigenvalue weighted by Crippen LogP contribution is -2.45. The summed E-state index contributed by atoms with van der Waals surface area (Å²) in [6.07, 6.45) is 1.16. The third-order valence-electron chi connectivity index (χ3n) is 4.15. The number of nitrogens with zero attached hydrogens (tertiary/aromatic N) is 2. The van der Waals surface area contributed by atoms with E-state index in [0.29, 0.717) is 10.0 Å². The van der Waals surface area contributed by atoms with Crippen molar-refractivity contribution in [3.63, 3.8) is 0 Å². The standard InChI is InChI=1S/C16H25Cl2N3/c1-13(14-5-3-6-15(17)16(14)18)19-7-4-8-21-11-9-20(2)10-12-21/h3,5-6,13,19H,4,7-12H2,1-2H3. The first kappa shape index (κ1) is 17.0. The molecule has 1 aliphatic heterocycles. The molecule has 0 spiro atoms. The Balaban J connectivity index is 1.70. The number of nitrogens with one attached hydrogen (secondary N) is 1. The van der Waals surface area contributed by atoms with Crippen LogP contribution in [0.2, 0.25) is 10.0 Å². The van der Waals surface area contributed by atoms with E-state index in [0.717, 1.165) is 25.1 Å². The maximum atomic E-state index is 6.25. The molecule has 0 saturated carbocycles. The predicted octanol–water partition coefficient (Wildman–Crippen LogP) is 3.28. The molecule has 21 heavy (non-hydrogen) atoms. The first-order valence-corrected chi connectivity index (χ1v) is 8.41. The zero-order chi connectivity index (χ0) is 15.2. The fraction of sp³-hybridized carbons (Fsp3) is 0.625. The molecule has 1 aliphatic rings. The Morgan fingerprint density at radius 2 is 1.90 bits per heavy atom. The van der Waals surface area contributed by atoms with Crippen LogP contribution in [0.1, 0.15) is 24.9 Å². The average Bonchev–Trinajstić information content (AvgIpc) is 2.48. The van der Waals surface area contributed by atoms with Crippen molar-refractivity contribution in [1.29, 1.82) is 0 Å². The smallest absolute Gasteiger partial charge is 0.0639 e. The molecule has 1 unspecified atom stereocenters. The van der Waals surface area contributed by atoms with Gasteiger partial charge in [-0.3, -0.25) is 0 Å². The highest BCUT2D eigenvalue weighted by molar-refractivity contribution is 6.42. The van der Waals surface area contributed by atoms with E-state index < -0.39 is 0 Å². The van der Waals surface area contributed by atoms with Crippen LogP contribution in [-0.4, -0.2) is 56.1 Å². The number of likely N-dealkylation sites (N-methyl/N-ethyl adjacent to an activating group) is 1. The van der Waals surface area contributed by atoms with Gasteiger partial charge in [-0.25, -0.2) is 0 Å². The largest absolute Gasteiger partial charge is 0.310 e. The summed E-state index contributed by atoms with van der Waals surface area (Å²) < 4.78 is 0. The van der Waals surface area contributed by atoms with Gasteiger partial charge in [0.15, 0.2) is 0 Å². The fourth-order valence-corrected chi connectivity index (χ4v) is 3.13. The quantitative estimate of drug-likeness (QED) is 0.808. The number of hydrogen-bond donors (Lipinski definition) is 1. The second kappa shape index (κ2) is 8.35. The van der Waals surface area contributed by atoms with Crippen LogP contribution >= 0.6 is 23.2 Å². The third-order valence-corrected chi connectivity index (χ3v) is 4.98. The van der Waals surface area contributed by atoms with Crippen LogP contribution in [0.15, 0.2) is 18.2 Å². The van der Waals surface area contributed by atoms with Gasteiger partial charge in [0.1, 0.15) is 0 Å². The molecular formula is C16H25Cl2N3. The van der Waals surface area contributed by atoms with E-state index in [2.05, 4.69) is 29.1 Å². The highest BCUT2D eigenvalue weighted by Gasteiger charge is 2.14. The van der Waals surface area contributed by atoms with E-state index in [-0.39, 0.29) is 6.04 Å². The number of hydrogen-bond acceptors (Lipinski definition) is 3. The first-order valence-electron chi connectivity index (χ1n) is 7.66. The van der Waals surface area contributed by atoms with E-state index in [1.807, 2.05) is 18.2 Å². The average molecular weight is 330 g/mol. The van der Waals surface area contributed by atoms with Crippen LogP contribution in [-0.2, 0) is 0 Å². The van der Waals surface area contributed by atoms with E-state index >= 15 is 0 Å². The molecule has 0 radical (unpaired) electrons. The molecule has 1 fully saturated rings. The fourth-order valence-electron chi connectivity index (χ4n) is 2.66. The summed E-state index contributed by atoms with van der Waals surface area (Å²) in [5.74, 6) is 0. The normalized spacial score (nSPS) is 18.9. The SMILES string of the molecule is CC(NCCCN1CCN(C)CC1)c1cccc(Cl)c1Cl. The van der Waals surface area contributed by atoms with Gasteiger partial charge in [0.25, 0.3) is 0 Å². The molecule has 1 aromatic rings. The van der Waals surface area contributed by atoms with Gasteiger partial charge in [-0.15, -0.1) is 0 Å². The predicted molar refractivity (Wildman–Crippen MR) is 91.4 cm³/mol. The molecule has 1 N–H and O–H groups in total. The maximum absolute atomic E-state index is 6.25. The first-order chi connectivity index (χ1) is 10.1. The van der Waals surface area contributed by atoms with Gasteiger partial charge < -0.3 is 15.1 Å². The minimum absolute atomic E-state index is 0.226. The molecule has 1 saturated heterocycles. The van der Waals surface area contributed by atoms with Gasteiger partial charge in [-0.2, -0.15) is 0 Å². The van der Waals surface area contributed by atoms with Crippen molar-refractivity contribution in [3.05, 3.63) is 33.8 Å². The molecule has 0 aromatic heterocycles. The summed E-state index contributed by atoms with van der Waals surface area (Å²) >= 11 is 12.3. The summed E-state index contributed by atoms with van der Waals surface area (Å²) in [5, 5.41) is 4.83. The van der Waals surface area contributed by atoms with Crippen molar-refractivity contribution in [2.24, 2.45) is 0 Å². The topological polar surface area (TPSA) is 18.5 Å². The lowest BCUT2D eigenvalue weighted by Gasteiger charge is -2.32. The molecule has 0 aliphatic carbocycles. The molecule has 118 valence electrons. The molecule has 1 heterocycles. The highest BCUT2D eigenvalue weighted by atomic mass is 35.5. The summed E-state index contributed by atoms with van der Waals surface area (Å²) in [4.78, 5) is 4.93. The van der Waals surface area contributed by atoms with Gasteiger partial charge in [0.2, 0.25) is 0 Å². The van der Waals surface area contributed by atoms with Crippen LogP contribution in [0.3, 0.4) is 0 Å². The molecule has 1 aromatic carbocycles. The van der Waals surface area contributed by atoms with Crippen LogP contribution < -0.4 is 5.32 Å². The summed E-state index contributed by atoms with van der Waals surface area (Å²) in [5.41, 5.74) is 1.07. The minimum Gasteiger partial charge on any atom is -0.310 e. The van der Waals surface area contributed by atoms with Crippen LogP contribution in [0.5, 0.6) is 0 Å². The van der Waals surface area contributed by atoms with E-state index in [1.54, 1.807) is 0 Å². The Bertz CT molecular complexity index is 445. The molecular weight excluding hydrogens is 305 g/mol. The van der Waals surface area contributed by atoms with E-state index in [9.17, 15) is 0 Å². The van der Waals surface area contributed by atoms with Crippen molar-refractivity contribution >= 4 is 23.2 Å². The van der Waals surface area contributed by atoms with Crippen molar-refractivity contribution < 1.29 is 0 Å². The third kappa shape index (κ3) is 5.11. The van der Waals surface area contributed by atoms with Crippen LogP contribution in [0.25, 0.3) is 0 Å². The number of rotatable bonds is 6. The van der Waals surface area contributed by atoms with Gasteiger partial charge in [-0.1, -0.05) is 35.3 Å². The molecule has 0 bridgehead atoms. The maximum Gasteiger partial charge on any atom is 0.0639 e. The van der Waals surface area contributed by atoms with Gasteiger partial charge in [0, 0.05) is 32.2 Å². The number of halogens is 2. The zero-order valence-corrected chi connectivity index (χ0v) is 14.4. The number of benzene rings is 1. The summed E-state index contributed by atoms with van der Waals surface area (Å²) in [6, 6.07) is 6.04. The van der Waals surface area contributed by atoms with Gasteiger partial charge >= 0.3 is 0 Å². The molecule has 1 atom stereocenters. The van der Waals surface area contributed by atoms with Gasteiger partial charge in [0.05, 0.1) is 10.0 Å². The van der Waals surface area contributed by atoms with Gasteiger partial charge in [-0.05, 0) is 45.1 Å². The molecule has 0 amide bonds. The van der Waals surface area contributed by atoms with E-state index in [1.165, 1.54) is 26.2 Å². The number of piperazine rings is 1. The van der Waals surface area contributed by atoms with Crippen LogP contribution in [0, 0.1) is 0 Å². The Labute approximate surface area is 138 Å². The van der Waals surface area contributed by atoms with Crippen LogP contribution in [0.4, 0.5) is 0 Å². The second-order valence-corrected chi connectivity index (χ2v) is 6.60. The zero-order valence-electron chi connectivity index (χ0n) is 12.9. The lowest BCUT2D eigenvalue weighted by atomic mass is 10.1. The lowest BCUT2D eigenvalue weighted by molar-refractivity contribution is 0.152. The Kier molecular flexibility index (Phi) is 6.77. The highest BCUT2D eigenvalue weighted by Crippen LogP contribution is 2.29. The summed E-state index contributed by atoms with van der Waals surface area (Å²) in [7, 11) is 2.19. The molecule has 5 heteroatoms. The Hall–Kier alpha value is -0.320. The second-order valence-electron chi connectivity index (χ2n) is 5.82. The Morgan fingerprint density at radius 3 is 2.62 bits per heavy atom. The Morgan fingerprint density at radius 1 is 1.19 bits per heavy atom. The summed E-state index contributed by atoms with van der Waals surface area (Å²) in [6.45, 7) is 9.03. The minimum atomic E-state index is 0.226. The van der Waals surface area contributed by atoms with Crippen molar-refractivity contribution in [3.8, 4) is 0 Å². The molecule has 2 rings (SSSR count). The van der Waals surface area contributed by atoms with Crippen molar-refractivity contribution in [1.82, 2.24) is 15.1 Å².